The van der Waals surface area contributed by atoms with E-state index in [9.17, 15) is 0 Å². The lowest BCUT2D eigenvalue weighted by Crippen LogP contribution is -2.32. The van der Waals surface area contributed by atoms with Crippen LogP contribution in [0.25, 0.3) is 89.4 Å². The van der Waals surface area contributed by atoms with Crippen LogP contribution in [0.4, 0.5) is 69.2 Å². The fourth-order valence-corrected chi connectivity index (χ4v) is 16.2. The van der Waals surface area contributed by atoms with Gasteiger partial charge in [-0.05, 0) is 163 Å². The molecule has 16 aromatic rings. The second kappa shape index (κ2) is 23.4. The number of benzene rings is 14. The van der Waals surface area contributed by atoms with Gasteiger partial charge in [0, 0.05) is 56.8 Å². The summed E-state index contributed by atoms with van der Waals surface area (Å²) in [6.07, 6.45) is 3.27. The van der Waals surface area contributed by atoms with Crippen LogP contribution in [-0.2, 0) is 10.8 Å². The highest BCUT2D eigenvalue weighted by Crippen LogP contribution is 2.61. The lowest BCUT2D eigenvalue weighted by atomic mass is 9.67. The van der Waals surface area contributed by atoms with Crippen molar-refractivity contribution in [1.82, 2.24) is 0 Å². The van der Waals surface area contributed by atoms with E-state index in [0.717, 1.165) is 32.7 Å². The Morgan fingerprint density at radius 3 is 1.01 bits per heavy atom. The molecule has 2 aliphatic carbocycles. The van der Waals surface area contributed by atoms with Crippen molar-refractivity contribution >= 4 is 90.2 Å². The number of halogens is 8. The molecule has 102 heavy (non-hydrogen) atoms. The molecule has 0 N–H and O–H groups in total. The summed E-state index contributed by atoms with van der Waals surface area (Å²) in [5, 5.41) is 3.21. The fourth-order valence-electron chi connectivity index (χ4n) is 16.2. The number of anilines is 6. The van der Waals surface area contributed by atoms with E-state index < -0.39 is 68.5 Å². The average Bonchev–Trinajstić information content (AvgIpc) is 1.52. The summed E-state index contributed by atoms with van der Waals surface area (Å²) in [4.78, 5) is 4.08. The summed E-state index contributed by atoms with van der Waals surface area (Å²) in [5.74, 6) is -12.3. The first-order valence-corrected chi connectivity index (χ1v) is 33.0. The van der Waals surface area contributed by atoms with Gasteiger partial charge >= 0.3 is 0 Å². The smallest absolute Gasteiger partial charge is 0.166 e. The minimum absolute atomic E-state index is 0.234. The first-order valence-electron chi connectivity index (χ1n) is 33.0. The van der Waals surface area contributed by atoms with E-state index >= 15 is 35.1 Å². The Bertz CT molecular complexity index is 5750. The van der Waals surface area contributed by atoms with E-state index in [0.29, 0.717) is 123 Å². The summed E-state index contributed by atoms with van der Waals surface area (Å²) < 4.78 is 145. The molecule has 0 fully saturated rings. The highest BCUT2D eigenvalue weighted by Gasteiger charge is 2.53. The van der Waals surface area contributed by atoms with E-state index in [1.807, 2.05) is 204 Å². The Hall–Kier alpha value is -12.8. The topological polar surface area (TPSA) is 32.8 Å². The van der Waals surface area contributed by atoms with Crippen LogP contribution in [0.3, 0.4) is 0 Å². The van der Waals surface area contributed by atoms with E-state index in [1.54, 1.807) is 84.9 Å². The zero-order valence-corrected chi connectivity index (χ0v) is 53.9. The van der Waals surface area contributed by atoms with Crippen molar-refractivity contribution in [3.8, 4) is 33.4 Å². The van der Waals surface area contributed by atoms with Crippen molar-refractivity contribution in [2.45, 2.75) is 10.8 Å². The van der Waals surface area contributed by atoms with Crippen molar-refractivity contribution in [3.63, 3.8) is 0 Å². The molecule has 490 valence electrons. The van der Waals surface area contributed by atoms with Crippen LogP contribution < -0.4 is 9.80 Å². The van der Waals surface area contributed by atoms with Crippen LogP contribution in [-0.4, -0.2) is 0 Å². The molecule has 0 saturated carbocycles. The minimum atomic E-state index is -1.94. The maximum Gasteiger partial charge on any atom is 0.166 e. The van der Waals surface area contributed by atoms with Crippen LogP contribution in [0, 0.1) is 46.5 Å². The van der Waals surface area contributed by atoms with Gasteiger partial charge in [0.2, 0.25) is 0 Å². The number of furan rings is 2. The van der Waals surface area contributed by atoms with E-state index in [2.05, 4.69) is 13.2 Å². The molecule has 4 nitrogen and oxygen atoms in total. The van der Waals surface area contributed by atoms with Gasteiger partial charge in [0.15, 0.2) is 46.5 Å². The lowest BCUT2D eigenvalue weighted by Gasteiger charge is -2.35. The van der Waals surface area contributed by atoms with Crippen molar-refractivity contribution in [3.05, 3.63) is 394 Å². The highest BCUT2D eigenvalue weighted by atomic mass is 19.2. The van der Waals surface area contributed by atoms with Gasteiger partial charge in [-0.25, -0.2) is 35.1 Å². The molecule has 0 radical (unpaired) electrons. The zero-order chi connectivity index (χ0) is 69.4. The molecule has 0 bridgehead atoms. The molecule has 2 heterocycles. The van der Waals surface area contributed by atoms with Crippen molar-refractivity contribution < 1.29 is 44.0 Å². The van der Waals surface area contributed by atoms with Crippen LogP contribution >= 0.6 is 0 Å². The molecule has 14 aromatic carbocycles. The maximum absolute atomic E-state index is 17.1. The number of rotatable bonds is 13. The molecule has 12 heteroatoms. The number of hydrogen-bond acceptors (Lipinski definition) is 4. The third-order valence-corrected chi connectivity index (χ3v) is 20.5. The summed E-state index contributed by atoms with van der Waals surface area (Å²) in [6, 6.07) is 82.7. The third-order valence-electron chi connectivity index (χ3n) is 20.5. The van der Waals surface area contributed by atoms with Crippen LogP contribution in [0.15, 0.2) is 301 Å². The third kappa shape index (κ3) is 8.94. The van der Waals surface area contributed by atoms with E-state index in [4.69, 9.17) is 8.83 Å². The zero-order valence-electron chi connectivity index (χ0n) is 53.9. The van der Waals surface area contributed by atoms with E-state index in [-0.39, 0.29) is 12.1 Å². The summed E-state index contributed by atoms with van der Waals surface area (Å²) in [5.41, 5.74) is 8.59. The van der Waals surface area contributed by atoms with Gasteiger partial charge in [-0.2, -0.15) is 0 Å². The van der Waals surface area contributed by atoms with Crippen molar-refractivity contribution in [1.29, 1.82) is 0 Å². The maximum atomic E-state index is 17.1. The normalized spacial score (nSPS) is 15.0. The van der Waals surface area contributed by atoms with E-state index in [1.165, 1.54) is 0 Å². The Labute approximate surface area is 579 Å². The standard InChI is InChI=1S/C90H52F8N2O2/c1-3-51-27-35-55(36-28-51)89(83-85(95)71(91)49-72(92)86(83)96)67-19-9-5-15-61(67)63-45-43-59(47-69(63)89)99(75-21-13-25-79-81(75)65-17-7-11-23-77(65)101-79)57-39-31-53(32-40-57)54-33-41-58(42-34-54)100(76-22-14-26-80-82(76)66-18-8-12-24-78(66)102-80)60-44-46-64-62-16-6-10-20-68(62)90(70(64)48-60,56-37-29-52(4-2)30-38-56)84-87(97)73(93)50-74(94)88(84)98/h3-50H,1-2H2. The van der Waals surface area contributed by atoms with Gasteiger partial charge in [-0.3, -0.25) is 0 Å². The summed E-state index contributed by atoms with van der Waals surface area (Å²) >= 11 is 0. The molecule has 0 amide bonds. The van der Waals surface area contributed by atoms with Gasteiger partial charge in [0.1, 0.15) is 22.3 Å². The molecule has 0 aliphatic heterocycles. The molecule has 2 unspecified atom stereocenters. The van der Waals surface area contributed by atoms with Gasteiger partial charge < -0.3 is 18.6 Å². The number of nitrogens with zero attached hydrogens (tertiary/aromatic N) is 2. The Morgan fingerprint density at radius 1 is 0.294 bits per heavy atom. The first kappa shape index (κ1) is 61.5. The Morgan fingerprint density at radius 2 is 0.627 bits per heavy atom. The molecule has 0 saturated heterocycles. The molecule has 2 aliphatic rings. The Balaban J connectivity index is 0.808. The van der Waals surface area contributed by atoms with Crippen molar-refractivity contribution in [2.75, 3.05) is 9.80 Å². The second-order valence-electron chi connectivity index (χ2n) is 25.7. The molecule has 0 spiro atoms. The number of para-hydroxylation sites is 2. The predicted molar refractivity (Wildman–Crippen MR) is 390 cm³/mol. The predicted octanol–water partition coefficient (Wildman–Crippen LogP) is 25.2. The molecule has 2 atom stereocenters. The monoisotopic (exact) mass is 1340 g/mol. The SMILES string of the molecule is C=Cc1ccc(C2(c3c(F)c(F)cc(F)c3F)c3ccccc3-c3ccc(N(c4ccc(-c5ccc(N(c6ccc7c(c6)C(c6ccc(C=C)cc6)(c6c(F)c(F)cc(F)c6F)c6ccccc6-7)c6cccc7oc8ccccc8c67)cc5)cc4)c4cccc5oc6ccccc6c45)cc32)cc1. The highest BCUT2D eigenvalue weighted by molar-refractivity contribution is 6.15. The quantitative estimate of drug-likeness (QED) is 0.0851. The lowest BCUT2D eigenvalue weighted by molar-refractivity contribution is 0.426. The molecule has 2 aromatic heterocycles. The molecular formula is C90H52F8N2O2. The van der Waals surface area contributed by atoms with Crippen LogP contribution in [0.1, 0.15) is 55.6 Å². The van der Waals surface area contributed by atoms with Gasteiger partial charge in [0.25, 0.3) is 0 Å². The van der Waals surface area contributed by atoms with Gasteiger partial charge in [-0.1, -0.05) is 207 Å². The van der Waals surface area contributed by atoms with Crippen LogP contribution in [0.2, 0.25) is 0 Å². The van der Waals surface area contributed by atoms with Gasteiger partial charge in [-0.15, -0.1) is 0 Å². The fraction of sp³-hybridized carbons (Fsp3) is 0.0222. The van der Waals surface area contributed by atoms with Crippen molar-refractivity contribution in [2.24, 2.45) is 0 Å². The minimum Gasteiger partial charge on any atom is -0.456 e. The second-order valence-corrected chi connectivity index (χ2v) is 25.7. The number of hydrogen-bond donors (Lipinski definition) is 0. The largest absolute Gasteiger partial charge is 0.456 e. The first-order chi connectivity index (χ1) is 49.8. The van der Waals surface area contributed by atoms with Gasteiger partial charge in [0.05, 0.1) is 33.0 Å². The van der Waals surface area contributed by atoms with Crippen LogP contribution in [0.5, 0.6) is 0 Å². The Kier molecular flexibility index (Phi) is 14.1. The summed E-state index contributed by atoms with van der Waals surface area (Å²) in [6.45, 7) is 7.85. The number of fused-ring (bicyclic) bond motifs is 12. The molecular weight excluding hydrogens is 1290 g/mol. The summed E-state index contributed by atoms with van der Waals surface area (Å²) in [7, 11) is 0. The average molecular weight is 1350 g/mol. The molecule has 18 rings (SSSR count).